The van der Waals surface area contributed by atoms with Crippen molar-refractivity contribution in [2.24, 2.45) is 5.92 Å². The van der Waals surface area contributed by atoms with Gasteiger partial charge < -0.3 is 15.7 Å². The van der Waals surface area contributed by atoms with Crippen LogP contribution in [0.3, 0.4) is 0 Å². The standard InChI is InChI=1S/C15H20N2O3/c18-14(12-7-4-8-16-9-12)17-10-13(15(19)20)11-5-2-1-3-6-11/h1-3,5-6,12-13,16H,4,7-10H2,(H,17,18)(H,19,20)/t12-,13?/m1/s1. The first-order chi connectivity index (χ1) is 9.68. The molecule has 5 heteroatoms. The fraction of sp³-hybridized carbons (Fsp3) is 0.467. The summed E-state index contributed by atoms with van der Waals surface area (Å²) in [5.41, 5.74) is 0.710. The van der Waals surface area contributed by atoms with E-state index < -0.39 is 11.9 Å². The van der Waals surface area contributed by atoms with E-state index in [0.29, 0.717) is 12.1 Å². The van der Waals surface area contributed by atoms with E-state index in [-0.39, 0.29) is 18.4 Å². The van der Waals surface area contributed by atoms with Crippen molar-refractivity contribution in [2.45, 2.75) is 18.8 Å². The molecule has 1 aromatic rings. The largest absolute Gasteiger partial charge is 0.481 e. The van der Waals surface area contributed by atoms with Crippen molar-refractivity contribution in [2.75, 3.05) is 19.6 Å². The maximum absolute atomic E-state index is 12.0. The van der Waals surface area contributed by atoms with Crippen molar-refractivity contribution in [3.8, 4) is 0 Å². The van der Waals surface area contributed by atoms with Gasteiger partial charge in [-0.05, 0) is 24.9 Å². The molecule has 0 aromatic heterocycles. The smallest absolute Gasteiger partial charge is 0.312 e. The predicted molar refractivity (Wildman–Crippen MR) is 75.4 cm³/mol. The zero-order valence-corrected chi connectivity index (χ0v) is 11.3. The van der Waals surface area contributed by atoms with Gasteiger partial charge in [0.25, 0.3) is 0 Å². The second-order valence-electron chi connectivity index (χ2n) is 5.09. The quantitative estimate of drug-likeness (QED) is 0.749. The molecule has 0 saturated carbocycles. The molecule has 20 heavy (non-hydrogen) atoms. The Labute approximate surface area is 118 Å². The first kappa shape index (κ1) is 14.5. The Morgan fingerprint density at radius 3 is 2.70 bits per heavy atom. The van der Waals surface area contributed by atoms with Crippen LogP contribution in [0.2, 0.25) is 0 Å². The van der Waals surface area contributed by atoms with Gasteiger partial charge in [-0.3, -0.25) is 9.59 Å². The Morgan fingerprint density at radius 1 is 1.35 bits per heavy atom. The van der Waals surface area contributed by atoms with Gasteiger partial charge in [-0.2, -0.15) is 0 Å². The third-order valence-corrected chi connectivity index (χ3v) is 3.65. The number of hydrogen-bond acceptors (Lipinski definition) is 3. The molecule has 1 saturated heterocycles. The van der Waals surface area contributed by atoms with Crippen LogP contribution in [0, 0.1) is 5.92 Å². The van der Waals surface area contributed by atoms with E-state index >= 15 is 0 Å². The van der Waals surface area contributed by atoms with Gasteiger partial charge in [0.1, 0.15) is 0 Å². The fourth-order valence-electron chi connectivity index (χ4n) is 2.46. The molecule has 1 amide bonds. The SMILES string of the molecule is O=C(O)C(CNC(=O)[C@@H]1CCCNC1)c1ccccc1. The van der Waals surface area contributed by atoms with Gasteiger partial charge in [0.05, 0.1) is 11.8 Å². The van der Waals surface area contributed by atoms with Gasteiger partial charge in [0.2, 0.25) is 5.91 Å². The maximum atomic E-state index is 12.0. The van der Waals surface area contributed by atoms with Crippen LogP contribution in [-0.4, -0.2) is 36.6 Å². The summed E-state index contributed by atoms with van der Waals surface area (Å²) in [5, 5.41) is 15.2. The summed E-state index contributed by atoms with van der Waals surface area (Å²) in [4.78, 5) is 23.3. The maximum Gasteiger partial charge on any atom is 0.312 e. The highest BCUT2D eigenvalue weighted by molar-refractivity contribution is 5.81. The number of nitrogens with one attached hydrogen (secondary N) is 2. The van der Waals surface area contributed by atoms with Gasteiger partial charge in [0, 0.05) is 13.1 Å². The molecule has 1 aromatic carbocycles. The molecule has 1 aliphatic heterocycles. The predicted octanol–water partition coefficient (Wildman–Crippen LogP) is 0.971. The van der Waals surface area contributed by atoms with E-state index in [0.717, 1.165) is 19.4 Å². The molecule has 108 valence electrons. The lowest BCUT2D eigenvalue weighted by atomic mass is 9.97. The van der Waals surface area contributed by atoms with Crippen LogP contribution >= 0.6 is 0 Å². The van der Waals surface area contributed by atoms with Gasteiger partial charge in [0.15, 0.2) is 0 Å². The summed E-state index contributed by atoms with van der Waals surface area (Å²) in [6.45, 7) is 1.76. The average Bonchev–Trinajstić information content (AvgIpc) is 2.49. The number of amides is 1. The first-order valence-corrected chi connectivity index (χ1v) is 6.94. The monoisotopic (exact) mass is 276 g/mol. The van der Waals surface area contributed by atoms with Crippen molar-refractivity contribution >= 4 is 11.9 Å². The second kappa shape index (κ2) is 7.05. The van der Waals surface area contributed by atoms with E-state index in [9.17, 15) is 14.7 Å². The average molecular weight is 276 g/mol. The number of carbonyl (C=O) groups is 2. The lowest BCUT2D eigenvalue weighted by molar-refractivity contribution is -0.138. The van der Waals surface area contributed by atoms with Crippen LogP contribution < -0.4 is 10.6 Å². The lowest BCUT2D eigenvalue weighted by Crippen LogP contribution is -2.42. The number of benzene rings is 1. The highest BCUT2D eigenvalue weighted by atomic mass is 16.4. The molecule has 2 atom stereocenters. The summed E-state index contributed by atoms with van der Waals surface area (Å²) < 4.78 is 0. The van der Waals surface area contributed by atoms with Crippen molar-refractivity contribution in [3.63, 3.8) is 0 Å². The molecule has 3 N–H and O–H groups in total. The molecule has 0 aliphatic carbocycles. The highest BCUT2D eigenvalue weighted by Crippen LogP contribution is 2.16. The molecule has 1 fully saturated rings. The molecule has 1 unspecified atom stereocenters. The zero-order chi connectivity index (χ0) is 14.4. The molecular weight excluding hydrogens is 256 g/mol. The zero-order valence-electron chi connectivity index (χ0n) is 11.3. The molecule has 5 nitrogen and oxygen atoms in total. The minimum absolute atomic E-state index is 0.0473. The Hall–Kier alpha value is -1.88. The first-order valence-electron chi connectivity index (χ1n) is 6.94. The van der Waals surface area contributed by atoms with Crippen LogP contribution in [0.4, 0.5) is 0 Å². The Balaban J connectivity index is 1.92. The van der Waals surface area contributed by atoms with Gasteiger partial charge in [-0.15, -0.1) is 0 Å². The van der Waals surface area contributed by atoms with Crippen molar-refractivity contribution in [1.82, 2.24) is 10.6 Å². The van der Waals surface area contributed by atoms with Crippen molar-refractivity contribution < 1.29 is 14.7 Å². The molecule has 0 radical (unpaired) electrons. The fourth-order valence-corrected chi connectivity index (χ4v) is 2.46. The van der Waals surface area contributed by atoms with E-state index in [2.05, 4.69) is 10.6 Å². The molecule has 0 bridgehead atoms. The Kier molecular flexibility index (Phi) is 5.12. The number of carboxylic acid groups (broad SMARTS) is 1. The molecular formula is C15H20N2O3. The summed E-state index contributed by atoms with van der Waals surface area (Å²) in [7, 11) is 0. The minimum Gasteiger partial charge on any atom is -0.481 e. The van der Waals surface area contributed by atoms with Crippen LogP contribution in [0.5, 0.6) is 0 Å². The Morgan fingerprint density at radius 2 is 2.10 bits per heavy atom. The van der Waals surface area contributed by atoms with Crippen LogP contribution in [0.1, 0.15) is 24.3 Å². The minimum atomic E-state index is -0.918. The summed E-state index contributed by atoms with van der Waals surface area (Å²) in [5.74, 6) is -1.72. The third-order valence-electron chi connectivity index (χ3n) is 3.65. The molecule has 0 spiro atoms. The Bertz CT molecular complexity index is 455. The van der Waals surface area contributed by atoms with Gasteiger partial charge in [-0.25, -0.2) is 0 Å². The van der Waals surface area contributed by atoms with E-state index in [1.54, 1.807) is 24.3 Å². The van der Waals surface area contributed by atoms with E-state index in [1.165, 1.54) is 0 Å². The van der Waals surface area contributed by atoms with E-state index in [1.807, 2.05) is 6.07 Å². The molecule has 1 heterocycles. The summed E-state index contributed by atoms with van der Waals surface area (Å²) in [6.07, 6.45) is 1.85. The number of piperidine rings is 1. The summed E-state index contributed by atoms with van der Waals surface area (Å²) in [6, 6.07) is 8.99. The number of carbonyl (C=O) groups excluding carboxylic acids is 1. The lowest BCUT2D eigenvalue weighted by Gasteiger charge is -2.23. The molecule has 1 aliphatic rings. The topological polar surface area (TPSA) is 78.4 Å². The van der Waals surface area contributed by atoms with Crippen molar-refractivity contribution in [3.05, 3.63) is 35.9 Å². The number of carboxylic acids is 1. The second-order valence-corrected chi connectivity index (χ2v) is 5.09. The summed E-state index contributed by atoms with van der Waals surface area (Å²) >= 11 is 0. The van der Waals surface area contributed by atoms with Crippen LogP contribution in [0.15, 0.2) is 30.3 Å². The molecule has 2 rings (SSSR count). The van der Waals surface area contributed by atoms with E-state index in [4.69, 9.17) is 0 Å². The number of hydrogen-bond donors (Lipinski definition) is 3. The number of aliphatic carboxylic acids is 1. The van der Waals surface area contributed by atoms with Crippen molar-refractivity contribution in [1.29, 1.82) is 0 Å². The van der Waals surface area contributed by atoms with Crippen LogP contribution in [0.25, 0.3) is 0 Å². The van der Waals surface area contributed by atoms with Crippen LogP contribution in [-0.2, 0) is 9.59 Å². The normalized spacial score (nSPS) is 20.1. The highest BCUT2D eigenvalue weighted by Gasteiger charge is 2.24. The third kappa shape index (κ3) is 3.81. The van der Waals surface area contributed by atoms with Gasteiger partial charge in [-0.1, -0.05) is 30.3 Å². The number of rotatable bonds is 5. The van der Waals surface area contributed by atoms with Gasteiger partial charge >= 0.3 is 5.97 Å².